The van der Waals surface area contributed by atoms with Crippen LogP contribution in [0.5, 0.6) is 0 Å². The maximum absolute atomic E-state index is 11.3. The van der Waals surface area contributed by atoms with Gasteiger partial charge < -0.3 is 19.7 Å². The van der Waals surface area contributed by atoms with Gasteiger partial charge in [-0.05, 0) is 38.8 Å². The zero-order valence-corrected chi connectivity index (χ0v) is 11.1. The maximum atomic E-state index is 11.3. The molecule has 1 heterocycles. The van der Waals surface area contributed by atoms with Crippen LogP contribution in [0.3, 0.4) is 0 Å². The molecular formula is C13H17N3O3. The van der Waals surface area contributed by atoms with Crippen LogP contribution in [0.4, 0.5) is 0 Å². The molecule has 6 heteroatoms. The number of carbonyl (C=O) groups is 1. The molecule has 0 bridgehead atoms. The third kappa shape index (κ3) is 2.59. The fraction of sp³-hybridized carbons (Fsp3) is 0.385. The second kappa shape index (κ2) is 5.38. The Bertz CT molecular complexity index is 579. The Labute approximate surface area is 111 Å². The van der Waals surface area contributed by atoms with Crippen LogP contribution in [0, 0.1) is 0 Å². The molecule has 0 saturated heterocycles. The van der Waals surface area contributed by atoms with Crippen molar-refractivity contribution in [3.8, 4) is 0 Å². The molecule has 6 nitrogen and oxygen atoms in total. The van der Waals surface area contributed by atoms with Gasteiger partial charge in [0.05, 0.1) is 6.04 Å². The lowest BCUT2D eigenvalue weighted by Crippen LogP contribution is -2.45. The van der Waals surface area contributed by atoms with E-state index in [1.54, 1.807) is 7.05 Å². The lowest BCUT2D eigenvalue weighted by atomic mass is 9.98. The highest BCUT2D eigenvalue weighted by Gasteiger charge is 2.30. The number of oxazole rings is 1. The number of benzene rings is 1. The molecule has 102 valence electrons. The number of likely N-dealkylation sites (N-methyl/N-ethyl adjacent to an activating group) is 2. The summed E-state index contributed by atoms with van der Waals surface area (Å²) in [5, 5.41) is 12.1. The number of carboxylic acid groups (broad SMARTS) is 1. The zero-order chi connectivity index (χ0) is 14.0. The standard InChI is InChI=1S/C13H17N3O3/c1-14-11(13(17)18)12(16(2)3)8-4-5-9-10(6-8)19-7-15-9/h4-7,11-12,14H,1-3H3,(H,17,18). The topological polar surface area (TPSA) is 78.6 Å². The van der Waals surface area contributed by atoms with Crippen LogP contribution in [0.25, 0.3) is 11.1 Å². The molecule has 0 aliphatic carbocycles. The van der Waals surface area contributed by atoms with E-state index in [9.17, 15) is 9.90 Å². The van der Waals surface area contributed by atoms with E-state index < -0.39 is 12.0 Å². The van der Waals surface area contributed by atoms with Gasteiger partial charge in [-0.25, -0.2) is 4.98 Å². The van der Waals surface area contributed by atoms with Crippen molar-refractivity contribution in [2.75, 3.05) is 21.1 Å². The Hall–Kier alpha value is -1.92. The maximum Gasteiger partial charge on any atom is 0.322 e. The summed E-state index contributed by atoms with van der Waals surface area (Å²) in [6, 6.07) is 4.55. The number of carboxylic acids is 1. The van der Waals surface area contributed by atoms with Crippen molar-refractivity contribution >= 4 is 17.1 Å². The second-order valence-electron chi connectivity index (χ2n) is 4.59. The van der Waals surface area contributed by atoms with Crippen LogP contribution in [0.15, 0.2) is 29.0 Å². The molecule has 0 spiro atoms. The quantitative estimate of drug-likeness (QED) is 0.841. The van der Waals surface area contributed by atoms with Crippen molar-refractivity contribution in [2.45, 2.75) is 12.1 Å². The minimum Gasteiger partial charge on any atom is -0.480 e. The smallest absolute Gasteiger partial charge is 0.322 e. The molecule has 2 atom stereocenters. The summed E-state index contributed by atoms with van der Waals surface area (Å²) in [7, 11) is 5.34. The van der Waals surface area contributed by atoms with Gasteiger partial charge in [-0.2, -0.15) is 0 Å². The molecule has 2 rings (SSSR count). The number of aromatic nitrogens is 1. The highest BCUT2D eigenvalue weighted by Crippen LogP contribution is 2.25. The summed E-state index contributed by atoms with van der Waals surface area (Å²) in [6.07, 6.45) is 1.38. The zero-order valence-electron chi connectivity index (χ0n) is 11.1. The van der Waals surface area contributed by atoms with E-state index >= 15 is 0 Å². The highest BCUT2D eigenvalue weighted by atomic mass is 16.4. The van der Waals surface area contributed by atoms with Crippen molar-refractivity contribution in [3.63, 3.8) is 0 Å². The monoisotopic (exact) mass is 263 g/mol. The van der Waals surface area contributed by atoms with Crippen LogP contribution in [-0.4, -0.2) is 48.1 Å². The van der Waals surface area contributed by atoms with Crippen LogP contribution in [0.2, 0.25) is 0 Å². The van der Waals surface area contributed by atoms with Gasteiger partial charge >= 0.3 is 5.97 Å². The second-order valence-corrected chi connectivity index (χ2v) is 4.59. The first-order valence-corrected chi connectivity index (χ1v) is 5.94. The predicted octanol–water partition coefficient (Wildman–Crippen LogP) is 1.10. The van der Waals surface area contributed by atoms with E-state index in [4.69, 9.17) is 4.42 Å². The van der Waals surface area contributed by atoms with Gasteiger partial charge in [0.25, 0.3) is 0 Å². The Morgan fingerprint density at radius 3 is 2.79 bits per heavy atom. The SMILES string of the molecule is CNC(C(=O)O)C(c1ccc2ncoc2c1)N(C)C. The van der Waals surface area contributed by atoms with Crippen LogP contribution < -0.4 is 5.32 Å². The Morgan fingerprint density at radius 2 is 2.21 bits per heavy atom. The Balaban J connectivity index is 2.45. The van der Waals surface area contributed by atoms with Gasteiger partial charge in [0.1, 0.15) is 11.6 Å². The molecule has 0 amide bonds. The molecule has 2 unspecified atom stereocenters. The highest BCUT2D eigenvalue weighted by molar-refractivity contribution is 5.76. The average Bonchev–Trinajstić information content (AvgIpc) is 2.81. The summed E-state index contributed by atoms with van der Waals surface area (Å²) in [5.41, 5.74) is 2.29. The molecule has 2 N–H and O–H groups in total. The van der Waals surface area contributed by atoms with Gasteiger partial charge in [0.2, 0.25) is 0 Å². The van der Waals surface area contributed by atoms with Crippen LogP contribution >= 0.6 is 0 Å². The average molecular weight is 263 g/mol. The first-order chi connectivity index (χ1) is 9.04. The van der Waals surface area contributed by atoms with Gasteiger partial charge in [0, 0.05) is 0 Å². The number of rotatable bonds is 5. The first kappa shape index (κ1) is 13.5. The van der Waals surface area contributed by atoms with E-state index in [2.05, 4.69) is 10.3 Å². The number of aliphatic carboxylic acids is 1. The predicted molar refractivity (Wildman–Crippen MR) is 70.9 cm³/mol. The molecule has 1 aromatic heterocycles. The fourth-order valence-corrected chi connectivity index (χ4v) is 2.26. The van der Waals surface area contributed by atoms with E-state index in [1.165, 1.54) is 6.39 Å². The largest absolute Gasteiger partial charge is 0.480 e. The number of hydrogen-bond acceptors (Lipinski definition) is 5. The summed E-state index contributed by atoms with van der Waals surface area (Å²) in [4.78, 5) is 17.3. The third-order valence-electron chi connectivity index (χ3n) is 3.15. The van der Waals surface area contributed by atoms with E-state index in [-0.39, 0.29) is 6.04 Å². The van der Waals surface area contributed by atoms with Gasteiger partial charge in [-0.1, -0.05) is 6.07 Å². The number of hydrogen-bond donors (Lipinski definition) is 2. The minimum absolute atomic E-state index is 0.294. The van der Waals surface area contributed by atoms with E-state index in [0.717, 1.165) is 11.1 Å². The normalized spacial score (nSPS) is 14.7. The molecule has 0 aliphatic heterocycles. The lowest BCUT2D eigenvalue weighted by molar-refractivity contribution is -0.141. The van der Waals surface area contributed by atoms with Crippen LogP contribution in [0.1, 0.15) is 11.6 Å². The van der Waals surface area contributed by atoms with Crippen molar-refractivity contribution in [1.82, 2.24) is 15.2 Å². The number of fused-ring (bicyclic) bond motifs is 1. The van der Waals surface area contributed by atoms with Gasteiger partial charge in [-0.15, -0.1) is 0 Å². The molecular weight excluding hydrogens is 246 g/mol. The fourth-order valence-electron chi connectivity index (χ4n) is 2.26. The summed E-state index contributed by atoms with van der Waals surface area (Å²) >= 11 is 0. The Morgan fingerprint density at radius 1 is 1.47 bits per heavy atom. The molecule has 1 aromatic carbocycles. The van der Waals surface area contributed by atoms with Crippen molar-refractivity contribution < 1.29 is 14.3 Å². The lowest BCUT2D eigenvalue weighted by Gasteiger charge is -2.29. The summed E-state index contributed by atoms with van der Waals surface area (Å²) < 4.78 is 5.26. The third-order valence-corrected chi connectivity index (χ3v) is 3.15. The molecule has 0 fully saturated rings. The molecule has 0 saturated carbocycles. The van der Waals surface area contributed by atoms with Gasteiger partial charge in [0.15, 0.2) is 12.0 Å². The van der Waals surface area contributed by atoms with Crippen molar-refractivity contribution in [1.29, 1.82) is 0 Å². The summed E-state index contributed by atoms with van der Waals surface area (Å²) in [5.74, 6) is -0.890. The molecule has 2 aromatic rings. The minimum atomic E-state index is -0.890. The van der Waals surface area contributed by atoms with Crippen molar-refractivity contribution in [3.05, 3.63) is 30.2 Å². The molecule has 0 radical (unpaired) electrons. The van der Waals surface area contributed by atoms with E-state index in [1.807, 2.05) is 37.2 Å². The van der Waals surface area contributed by atoms with Crippen molar-refractivity contribution in [2.24, 2.45) is 0 Å². The van der Waals surface area contributed by atoms with Crippen LogP contribution in [-0.2, 0) is 4.79 Å². The molecule has 19 heavy (non-hydrogen) atoms. The number of nitrogens with zero attached hydrogens (tertiary/aromatic N) is 2. The summed E-state index contributed by atoms with van der Waals surface area (Å²) in [6.45, 7) is 0. The molecule has 0 aliphatic rings. The Kier molecular flexibility index (Phi) is 3.82. The first-order valence-electron chi connectivity index (χ1n) is 5.94. The number of nitrogens with one attached hydrogen (secondary N) is 1. The van der Waals surface area contributed by atoms with Gasteiger partial charge in [-0.3, -0.25) is 4.79 Å². The van der Waals surface area contributed by atoms with E-state index in [0.29, 0.717) is 5.58 Å².